The molecule has 0 aliphatic heterocycles. The maximum absolute atomic E-state index is 14.0. The molecule has 41 heavy (non-hydrogen) atoms. The van der Waals surface area contributed by atoms with E-state index >= 15 is 0 Å². The van der Waals surface area contributed by atoms with Crippen LogP contribution in [0.3, 0.4) is 0 Å². The Bertz CT molecular complexity index is 2090. The van der Waals surface area contributed by atoms with Gasteiger partial charge in [-0.25, -0.2) is 4.39 Å². The van der Waals surface area contributed by atoms with E-state index in [2.05, 4.69) is 42.5 Å². The Labute approximate surface area is 234 Å². The molecule has 4 heteroatoms. The van der Waals surface area contributed by atoms with Crippen LogP contribution in [-0.2, 0) is 6.18 Å². The van der Waals surface area contributed by atoms with E-state index in [4.69, 9.17) is 0 Å². The van der Waals surface area contributed by atoms with Gasteiger partial charge in [-0.05, 0) is 102 Å². The zero-order chi connectivity index (χ0) is 28.1. The van der Waals surface area contributed by atoms with Crippen molar-refractivity contribution >= 4 is 32.3 Å². The first-order chi connectivity index (χ1) is 19.9. The Morgan fingerprint density at radius 1 is 0.390 bits per heavy atom. The normalized spacial score (nSPS) is 11.9. The fourth-order valence-corrected chi connectivity index (χ4v) is 5.82. The Kier molecular flexibility index (Phi) is 5.86. The van der Waals surface area contributed by atoms with Crippen molar-refractivity contribution in [2.24, 2.45) is 0 Å². The summed E-state index contributed by atoms with van der Waals surface area (Å²) in [5.74, 6) is -0.334. The summed E-state index contributed by atoms with van der Waals surface area (Å²) in [6.07, 6.45) is -4.44. The number of halogens is 4. The van der Waals surface area contributed by atoms with Crippen LogP contribution in [0.1, 0.15) is 5.56 Å². The fourth-order valence-electron chi connectivity index (χ4n) is 5.82. The van der Waals surface area contributed by atoms with E-state index < -0.39 is 11.7 Å². The average Bonchev–Trinajstić information content (AvgIpc) is 2.99. The molecule has 0 fully saturated rings. The second-order valence-electron chi connectivity index (χ2n) is 10.2. The smallest absolute Gasteiger partial charge is 0.207 e. The van der Waals surface area contributed by atoms with E-state index in [1.165, 1.54) is 24.3 Å². The maximum atomic E-state index is 14.0. The van der Waals surface area contributed by atoms with Gasteiger partial charge in [-0.3, -0.25) is 0 Å². The molecular formula is C37H22F4. The van der Waals surface area contributed by atoms with Gasteiger partial charge in [0.05, 0.1) is 5.56 Å². The summed E-state index contributed by atoms with van der Waals surface area (Å²) in [6.45, 7) is 0. The monoisotopic (exact) mass is 542 g/mol. The summed E-state index contributed by atoms with van der Waals surface area (Å²) >= 11 is 0. The van der Waals surface area contributed by atoms with Crippen LogP contribution >= 0.6 is 0 Å². The van der Waals surface area contributed by atoms with E-state index in [0.29, 0.717) is 11.1 Å². The first-order valence-corrected chi connectivity index (χ1v) is 13.3. The van der Waals surface area contributed by atoms with Gasteiger partial charge in [0.1, 0.15) is 5.82 Å². The predicted molar refractivity (Wildman–Crippen MR) is 160 cm³/mol. The molecule has 0 aliphatic rings. The Balaban J connectivity index is 1.58. The summed E-state index contributed by atoms with van der Waals surface area (Å²) in [5.41, 5.74) is 4.29. The standard InChI is InChI=1S/C37H22F4/c38-30-17-14-24(15-18-30)35-31-10-3-4-11-32(31)36(28-13-12-23-6-1-2-7-25(23)20-28)33-19-16-27(22-34(33)35)26-8-5-9-29(21-26)37(39,40)41/h1-22H. The second kappa shape index (κ2) is 9.60. The average molecular weight is 543 g/mol. The lowest BCUT2D eigenvalue weighted by atomic mass is 9.84. The summed E-state index contributed by atoms with van der Waals surface area (Å²) < 4.78 is 54.6. The first-order valence-electron chi connectivity index (χ1n) is 13.3. The van der Waals surface area contributed by atoms with E-state index in [-0.39, 0.29) is 5.82 Å². The molecule has 0 unspecified atom stereocenters. The van der Waals surface area contributed by atoms with Gasteiger partial charge in [-0.1, -0.05) is 97.1 Å². The van der Waals surface area contributed by atoms with Crippen LogP contribution in [0.5, 0.6) is 0 Å². The van der Waals surface area contributed by atoms with Gasteiger partial charge in [-0.2, -0.15) is 13.2 Å². The molecule has 0 nitrogen and oxygen atoms in total. The van der Waals surface area contributed by atoms with Crippen molar-refractivity contribution in [1.82, 2.24) is 0 Å². The number of hydrogen-bond donors (Lipinski definition) is 0. The third kappa shape index (κ3) is 4.42. The maximum Gasteiger partial charge on any atom is 0.416 e. The molecule has 7 aromatic carbocycles. The highest BCUT2D eigenvalue weighted by atomic mass is 19.4. The molecule has 0 radical (unpaired) electrons. The number of rotatable bonds is 3. The van der Waals surface area contributed by atoms with Crippen molar-refractivity contribution in [3.63, 3.8) is 0 Å². The highest BCUT2D eigenvalue weighted by Crippen LogP contribution is 2.45. The zero-order valence-electron chi connectivity index (χ0n) is 21.7. The Morgan fingerprint density at radius 2 is 0.976 bits per heavy atom. The molecular weight excluding hydrogens is 520 g/mol. The van der Waals surface area contributed by atoms with Crippen LogP contribution in [0, 0.1) is 5.82 Å². The molecule has 0 bridgehead atoms. The molecule has 7 rings (SSSR count). The third-order valence-corrected chi connectivity index (χ3v) is 7.72. The fraction of sp³-hybridized carbons (Fsp3) is 0.0270. The summed E-state index contributed by atoms with van der Waals surface area (Å²) in [4.78, 5) is 0. The van der Waals surface area contributed by atoms with Gasteiger partial charge in [0.2, 0.25) is 0 Å². The predicted octanol–water partition coefficient (Wildman–Crippen LogP) is 11.3. The van der Waals surface area contributed by atoms with Gasteiger partial charge in [0, 0.05) is 0 Å². The van der Waals surface area contributed by atoms with Gasteiger partial charge in [0.25, 0.3) is 0 Å². The molecule has 0 N–H and O–H groups in total. The minimum Gasteiger partial charge on any atom is -0.207 e. The topological polar surface area (TPSA) is 0 Å². The lowest BCUT2D eigenvalue weighted by Gasteiger charge is -2.19. The molecule has 0 spiro atoms. The minimum atomic E-state index is -4.44. The molecule has 198 valence electrons. The highest BCUT2D eigenvalue weighted by molar-refractivity contribution is 6.22. The summed E-state index contributed by atoms with van der Waals surface area (Å²) in [5, 5.41) is 6.13. The van der Waals surface area contributed by atoms with Crippen LogP contribution < -0.4 is 0 Å². The van der Waals surface area contributed by atoms with Crippen molar-refractivity contribution in [3.8, 4) is 33.4 Å². The first kappa shape index (κ1) is 25.0. The van der Waals surface area contributed by atoms with E-state index in [9.17, 15) is 17.6 Å². The van der Waals surface area contributed by atoms with Gasteiger partial charge in [0.15, 0.2) is 0 Å². The lowest BCUT2D eigenvalue weighted by Crippen LogP contribution is -2.04. The van der Waals surface area contributed by atoms with E-state index in [1.54, 1.807) is 18.2 Å². The van der Waals surface area contributed by atoms with Crippen LogP contribution in [0.15, 0.2) is 133 Å². The van der Waals surface area contributed by atoms with Crippen molar-refractivity contribution in [2.45, 2.75) is 6.18 Å². The minimum absolute atomic E-state index is 0.334. The summed E-state index contributed by atoms with van der Waals surface area (Å²) in [6, 6.07) is 40.3. The van der Waals surface area contributed by atoms with Crippen molar-refractivity contribution in [1.29, 1.82) is 0 Å². The number of hydrogen-bond acceptors (Lipinski definition) is 0. The van der Waals surface area contributed by atoms with E-state index in [1.807, 2.05) is 42.5 Å². The number of alkyl halides is 3. The molecule has 0 saturated carbocycles. The highest BCUT2D eigenvalue weighted by Gasteiger charge is 2.30. The number of fused-ring (bicyclic) bond motifs is 3. The molecule has 0 saturated heterocycles. The molecule has 0 heterocycles. The van der Waals surface area contributed by atoms with Crippen LogP contribution in [0.25, 0.3) is 65.7 Å². The number of benzene rings is 7. The lowest BCUT2D eigenvalue weighted by molar-refractivity contribution is -0.137. The largest absolute Gasteiger partial charge is 0.416 e. The van der Waals surface area contributed by atoms with Crippen molar-refractivity contribution in [3.05, 3.63) is 145 Å². The van der Waals surface area contributed by atoms with E-state index in [0.717, 1.165) is 60.6 Å². The second-order valence-corrected chi connectivity index (χ2v) is 10.2. The molecule has 0 aromatic heterocycles. The molecule has 7 aromatic rings. The molecule has 0 amide bonds. The Hall–Kier alpha value is -4.96. The van der Waals surface area contributed by atoms with Crippen molar-refractivity contribution in [2.75, 3.05) is 0 Å². The molecule has 0 atom stereocenters. The van der Waals surface area contributed by atoms with Crippen molar-refractivity contribution < 1.29 is 17.6 Å². The van der Waals surface area contributed by atoms with Gasteiger partial charge in [-0.15, -0.1) is 0 Å². The Morgan fingerprint density at radius 3 is 1.71 bits per heavy atom. The zero-order valence-corrected chi connectivity index (χ0v) is 21.7. The van der Waals surface area contributed by atoms with Crippen LogP contribution in [0.4, 0.5) is 17.6 Å². The van der Waals surface area contributed by atoms with Crippen LogP contribution in [-0.4, -0.2) is 0 Å². The van der Waals surface area contributed by atoms with Gasteiger partial charge >= 0.3 is 6.18 Å². The quantitative estimate of drug-likeness (QED) is 0.154. The SMILES string of the molecule is Fc1ccc(-c2c3ccccc3c(-c3ccc4ccccc4c3)c3ccc(-c4cccc(C(F)(F)F)c4)cc23)cc1. The molecule has 0 aliphatic carbocycles. The third-order valence-electron chi connectivity index (χ3n) is 7.72. The van der Waals surface area contributed by atoms with Gasteiger partial charge < -0.3 is 0 Å². The summed E-state index contributed by atoms with van der Waals surface area (Å²) in [7, 11) is 0. The van der Waals surface area contributed by atoms with Crippen LogP contribution in [0.2, 0.25) is 0 Å².